The molecule has 1 aliphatic carbocycles. The summed E-state index contributed by atoms with van der Waals surface area (Å²) in [4.78, 5) is 16.8. The van der Waals surface area contributed by atoms with Gasteiger partial charge in [0.1, 0.15) is 0 Å². The molecule has 1 N–H and O–H groups in total. The number of pyridine rings is 1. The fourth-order valence-corrected chi connectivity index (χ4v) is 4.22. The second-order valence-corrected chi connectivity index (χ2v) is 8.71. The van der Waals surface area contributed by atoms with Crippen molar-refractivity contribution in [1.29, 1.82) is 0 Å². The van der Waals surface area contributed by atoms with E-state index < -0.39 is 0 Å². The van der Waals surface area contributed by atoms with Gasteiger partial charge in [0.15, 0.2) is 0 Å². The van der Waals surface area contributed by atoms with Gasteiger partial charge in [-0.2, -0.15) is 11.8 Å². The van der Waals surface area contributed by atoms with E-state index in [1.807, 2.05) is 30.0 Å². The number of hydrogen-bond acceptors (Lipinski definition) is 5. The molecule has 0 spiro atoms. The molecule has 4 rings (SSSR count). The van der Waals surface area contributed by atoms with E-state index in [1.165, 1.54) is 18.4 Å². The zero-order chi connectivity index (χ0) is 19.2. The van der Waals surface area contributed by atoms with E-state index in [2.05, 4.69) is 16.4 Å². The van der Waals surface area contributed by atoms with Crippen LogP contribution >= 0.6 is 11.8 Å². The Hall–Kier alpha value is -2.05. The summed E-state index contributed by atoms with van der Waals surface area (Å²) in [6.07, 6.45) is 6.30. The van der Waals surface area contributed by atoms with E-state index in [9.17, 15) is 4.79 Å². The van der Waals surface area contributed by atoms with Gasteiger partial charge in [-0.3, -0.25) is 4.79 Å². The van der Waals surface area contributed by atoms with Gasteiger partial charge in [-0.05, 0) is 55.4 Å². The smallest absolute Gasteiger partial charge is 0.257 e. The highest BCUT2D eigenvalue weighted by molar-refractivity contribution is 7.99. The normalized spacial score (nSPS) is 17.3. The lowest BCUT2D eigenvalue weighted by atomic mass is 10.2. The minimum Gasteiger partial charge on any atom is -0.477 e. The minimum atomic E-state index is -0.157. The number of anilines is 1. The molecule has 2 heterocycles. The van der Waals surface area contributed by atoms with Crippen LogP contribution in [0.2, 0.25) is 0 Å². The van der Waals surface area contributed by atoms with Crippen LogP contribution in [0.3, 0.4) is 0 Å². The Morgan fingerprint density at radius 1 is 1.18 bits per heavy atom. The number of amides is 1. The van der Waals surface area contributed by atoms with Crippen LogP contribution in [0.25, 0.3) is 0 Å². The Bertz CT molecular complexity index is 787. The van der Waals surface area contributed by atoms with E-state index in [0.717, 1.165) is 44.1 Å². The predicted octanol–water partition coefficient (Wildman–Crippen LogP) is 4.53. The summed E-state index contributed by atoms with van der Waals surface area (Å²) in [5.74, 6) is 2.05. The number of benzene rings is 1. The number of ether oxygens (including phenoxy) is 2. The first-order valence-corrected chi connectivity index (χ1v) is 11.0. The zero-order valence-corrected chi connectivity index (χ0v) is 16.7. The van der Waals surface area contributed by atoms with Crippen LogP contribution in [-0.2, 0) is 10.5 Å². The average Bonchev–Trinajstić information content (AvgIpc) is 3.57. The Morgan fingerprint density at radius 2 is 2.04 bits per heavy atom. The third-order valence-electron chi connectivity index (χ3n) is 5.00. The summed E-state index contributed by atoms with van der Waals surface area (Å²) in [7, 11) is 0. The molecule has 0 bridgehead atoms. The molecule has 28 heavy (non-hydrogen) atoms. The number of carbonyl (C=O) groups is 1. The molecular formula is C22H26N2O3S. The SMILES string of the molecule is O=C(Nc1cccc(CSC2CCOCC2)c1)c1ccc(OCC2CC2)nc1. The van der Waals surface area contributed by atoms with Crippen molar-refractivity contribution in [3.05, 3.63) is 53.7 Å². The highest BCUT2D eigenvalue weighted by atomic mass is 32.2. The average molecular weight is 399 g/mol. The molecule has 1 aromatic heterocycles. The van der Waals surface area contributed by atoms with E-state index in [4.69, 9.17) is 9.47 Å². The van der Waals surface area contributed by atoms with Crippen LogP contribution < -0.4 is 10.1 Å². The molecule has 1 saturated carbocycles. The second-order valence-electron chi connectivity index (χ2n) is 7.42. The van der Waals surface area contributed by atoms with Gasteiger partial charge in [-0.15, -0.1) is 0 Å². The number of nitrogens with zero attached hydrogens (tertiary/aromatic N) is 1. The van der Waals surface area contributed by atoms with E-state index in [0.29, 0.717) is 22.6 Å². The Labute approximate surface area is 170 Å². The molecule has 0 unspecified atom stereocenters. The third kappa shape index (κ3) is 5.72. The molecule has 148 valence electrons. The summed E-state index contributed by atoms with van der Waals surface area (Å²) in [6.45, 7) is 2.45. The van der Waals surface area contributed by atoms with Gasteiger partial charge < -0.3 is 14.8 Å². The van der Waals surface area contributed by atoms with Crippen molar-refractivity contribution in [3.63, 3.8) is 0 Å². The lowest BCUT2D eigenvalue weighted by Gasteiger charge is -2.21. The number of hydrogen-bond donors (Lipinski definition) is 1. The molecule has 0 radical (unpaired) electrons. The second kappa shape index (κ2) is 9.43. The lowest BCUT2D eigenvalue weighted by Crippen LogP contribution is -2.17. The first kappa shape index (κ1) is 19.3. The van der Waals surface area contributed by atoms with Gasteiger partial charge in [0.05, 0.1) is 12.2 Å². The van der Waals surface area contributed by atoms with Crippen LogP contribution in [0.15, 0.2) is 42.6 Å². The first-order valence-electron chi connectivity index (χ1n) is 9.95. The third-order valence-corrected chi connectivity index (χ3v) is 6.44. The van der Waals surface area contributed by atoms with Gasteiger partial charge in [0.25, 0.3) is 5.91 Å². The highest BCUT2D eigenvalue weighted by Crippen LogP contribution is 2.29. The number of carbonyl (C=O) groups excluding carboxylic acids is 1. The number of thioether (sulfide) groups is 1. The van der Waals surface area contributed by atoms with Gasteiger partial charge >= 0.3 is 0 Å². The molecule has 1 amide bonds. The van der Waals surface area contributed by atoms with Gasteiger partial charge in [-0.25, -0.2) is 4.98 Å². The molecule has 2 aliphatic rings. The Kier molecular flexibility index (Phi) is 6.49. The maximum atomic E-state index is 12.5. The summed E-state index contributed by atoms with van der Waals surface area (Å²) in [6, 6.07) is 11.6. The summed E-state index contributed by atoms with van der Waals surface area (Å²) >= 11 is 1.97. The van der Waals surface area contributed by atoms with E-state index in [1.54, 1.807) is 18.3 Å². The van der Waals surface area contributed by atoms with Crippen molar-refractivity contribution in [2.75, 3.05) is 25.1 Å². The minimum absolute atomic E-state index is 0.157. The standard InChI is InChI=1S/C22H26N2O3S/c25-22(18-6-7-21(23-13-18)27-14-16-4-5-16)24-19-3-1-2-17(12-19)15-28-20-8-10-26-11-9-20/h1-3,6-7,12-13,16,20H,4-5,8-11,14-15H2,(H,24,25). The molecule has 2 fully saturated rings. The van der Waals surface area contributed by atoms with Gasteiger partial charge in [0.2, 0.25) is 5.88 Å². The molecule has 1 saturated heterocycles. The molecule has 2 aromatic rings. The molecule has 0 atom stereocenters. The zero-order valence-electron chi connectivity index (χ0n) is 15.9. The largest absolute Gasteiger partial charge is 0.477 e. The van der Waals surface area contributed by atoms with Crippen molar-refractivity contribution < 1.29 is 14.3 Å². The van der Waals surface area contributed by atoms with Crippen LogP contribution in [0.1, 0.15) is 41.6 Å². The van der Waals surface area contributed by atoms with Crippen molar-refractivity contribution in [3.8, 4) is 5.88 Å². The van der Waals surface area contributed by atoms with Crippen LogP contribution in [0.5, 0.6) is 5.88 Å². The molecule has 5 nitrogen and oxygen atoms in total. The predicted molar refractivity (Wildman–Crippen MR) is 112 cm³/mol. The molecule has 1 aromatic carbocycles. The molecule has 6 heteroatoms. The maximum Gasteiger partial charge on any atom is 0.257 e. The van der Waals surface area contributed by atoms with Crippen LogP contribution in [-0.4, -0.2) is 36.0 Å². The Balaban J connectivity index is 1.29. The summed E-state index contributed by atoms with van der Waals surface area (Å²) in [5.41, 5.74) is 2.56. The van der Waals surface area contributed by atoms with Crippen molar-refractivity contribution in [2.45, 2.75) is 36.7 Å². The van der Waals surface area contributed by atoms with Crippen LogP contribution in [0.4, 0.5) is 5.69 Å². The summed E-state index contributed by atoms with van der Waals surface area (Å²) < 4.78 is 11.0. The van der Waals surface area contributed by atoms with Gasteiger partial charge in [0, 0.05) is 42.2 Å². The molecule has 1 aliphatic heterocycles. The number of rotatable bonds is 8. The van der Waals surface area contributed by atoms with Gasteiger partial charge in [-0.1, -0.05) is 12.1 Å². The van der Waals surface area contributed by atoms with E-state index >= 15 is 0 Å². The highest BCUT2D eigenvalue weighted by Gasteiger charge is 2.22. The fourth-order valence-electron chi connectivity index (χ4n) is 3.09. The quantitative estimate of drug-likeness (QED) is 0.708. The van der Waals surface area contributed by atoms with Crippen molar-refractivity contribution in [1.82, 2.24) is 4.98 Å². The lowest BCUT2D eigenvalue weighted by molar-refractivity contribution is 0.1000. The van der Waals surface area contributed by atoms with E-state index in [-0.39, 0.29) is 5.91 Å². The first-order chi connectivity index (χ1) is 13.8. The van der Waals surface area contributed by atoms with Crippen molar-refractivity contribution >= 4 is 23.4 Å². The molecular weight excluding hydrogens is 372 g/mol. The summed E-state index contributed by atoms with van der Waals surface area (Å²) in [5, 5.41) is 3.63. The number of aromatic nitrogens is 1. The van der Waals surface area contributed by atoms with Crippen LogP contribution in [0, 0.1) is 5.92 Å². The number of nitrogens with one attached hydrogen (secondary N) is 1. The fraction of sp³-hybridized carbons (Fsp3) is 0.455. The Morgan fingerprint density at radius 3 is 2.79 bits per heavy atom. The van der Waals surface area contributed by atoms with Crippen molar-refractivity contribution in [2.24, 2.45) is 5.92 Å². The monoisotopic (exact) mass is 398 g/mol. The topological polar surface area (TPSA) is 60.5 Å². The maximum absolute atomic E-state index is 12.5.